The highest BCUT2D eigenvalue weighted by Gasteiger charge is 2.23. The van der Waals surface area contributed by atoms with Crippen molar-refractivity contribution in [1.82, 2.24) is 9.88 Å². The molecule has 1 aromatic heterocycles. The number of carbonyl (C=O) groups excluding carboxylic acids is 1. The van der Waals surface area contributed by atoms with Gasteiger partial charge in [-0.05, 0) is 47.5 Å². The first-order valence-electron chi connectivity index (χ1n) is 11.2. The Labute approximate surface area is 213 Å². The maximum atomic E-state index is 12.9. The summed E-state index contributed by atoms with van der Waals surface area (Å²) in [6, 6.07) is 22.3. The minimum atomic E-state index is -1.15. The van der Waals surface area contributed by atoms with Gasteiger partial charge in [-0.3, -0.25) is 4.79 Å². The number of carboxylic acid groups (broad SMARTS) is 1. The number of aromatic nitrogens is 1. The molecule has 0 aliphatic heterocycles. The lowest BCUT2D eigenvalue weighted by Gasteiger charge is -2.16. The Bertz CT molecular complexity index is 1380. The summed E-state index contributed by atoms with van der Waals surface area (Å²) in [7, 11) is 1.61. The number of carbonyl (C=O) groups is 2. The molecule has 184 valence electrons. The van der Waals surface area contributed by atoms with Gasteiger partial charge in [0, 0.05) is 29.6 Å². The van der Waals surface area contributed by atoms with Gasteiger partial charge in [0.1, 0.15) is 11.8 Å². The molecule has 0 fully saturated rings. The molecule has 0 bridgehead atoms. The molecule has 0 saturated heterocycles. The highest BCUT2D eigenvalue weighted by atomic mass is 35.5. The summed E-state index contributed by atoms with van der Waals surface area (Å²) in [4.78, 5) is 24.8. The lowest BCUT2D eigenvalue weighted by atomic mass is 10.00. The van der Waals surface area contributed by atoms with Gasteiger partial charge in [-0.15, -0.1) is 0 Å². The zero-order valence-corrected chi connectivity index (χ0v) is 20.3. The number of aliphatic hydroxyl groups excluding tert-OH is 1. The van der Waals surface area contributed by atoms with E-state index >= 15 is 0 Å². The minimum Gasteiger partial charge on any atom is -0.496 e. The molecule has 1 amide bonds. The van der Waals surface area contributed by atoms with Gasteiger partial charge in [-0.25, -0.2) is 4.79 Å². The average Bonchev–Trinajstić information content (AvgIpc) is 3.37. The van der Waals surface area contributed by atoms with Gasteiger partial charge in [0.25, 0.3) is 5.91 Å². The SMILES string of the molecule is COc1ccccc1-c1ccc(C[C@H](NC(=O)c2ccc(-n3cccc3CO)cc2Cl)C(=O)O)cc1. The number of benzene rings is 3. The number of halogens is 1. The summed E-state index contributed by atoms with van der Waals surface area (Å²) < 4.78 is 7.17. The van der Waals surface area contributed by atoms with E-state index in [0.29, 0.717) is 11.4 Å². The van der Waals surface area contributed by atoms with Crippen LogP contribution in [0.1, 0.15) is 21.6 Å². The zero-order valence-electron chi connectivity index (χ0n) is 19.5. The second-order valence-corrected chi connectivity index (χ2v) is 8.56. The summed E-state index contributed by atoms with van der Waals surface area (Å²) in [5, 5.41) is 22.0. The van der Waals surface area contributed by atoms with E-state index in [9.17, 15) is 19.8 Å². The largest absolute Gasteiger partial charge is 0.496 e. The van der Waals surface area contributed by atoms with Gasteiger partial charge in [0.05, 0.1) is 24.3 Å². The fourth-order valence-corrected chi connectivity index (χ4v) is 4.27. The van der Waals surface area contributed by atoms with Crippen molar-refractivity contribution in [3.63, 3.8) is 0 Å². The third kappa shape index (κ3) is 5.43. The van der Waals surface area contributed by atoms with Crippen molar-refractivity contribution in [3.05, 3.63) is 107 Å². The van der Waals surface area contributed by atoms with E-state index in [1.807, 2.05) is 48.5 Å². The van der Waals surface area contributed by atoms with Gasteiger partial charge in [-0.1, -0.05) is 54.1 Å². The average molecular weight is 505 g/mol. The number of methoxy groups -OCH3 is 1. The number of nitrogens with one attached hydrogen (secondary N) is 1. The van der Waals surface area contributed by atoms with E-state index in [0.717, 1.165) is 22.4 Å². The molecule has 4 rings (SSSR count). The minimum absolute atomic E-state index is 0.103. The normalized spacial score (nSPS) is 11.6. The van der Waals surface area contributed by atoms with E-state index < -0.39 is 17.9 Å². The third-order valence-corrected chi connectivity index (χ3v) is 6.20. The standard InChI is InChI=1S/C28H25ClN2O5/c1-36-26-7-3-2-6-22(26)19-10-8-18(9-11-19)15-25(28(34)35)30-27(33)23-13-12-20(16-24(23)29)31-14-4-5-21(31)17-32/h2-14,16,25,32H,15,17H2,1H3,(H,30,33)(H,34,35)/t25-/m0/s1. The van der Waals surface area contributed by atoms with Gasteiger partial charge < -0.3 is 24.8 Å². The number of hydrogen-bond acceptors (Lipinski definition) is 4. The lowest BCUT2D eigenvalue weighted by Crippen LogP contribution is -2.42. The Morgan fingerprint density at radius 2 is 1.78 bits per heavy atom. The predicted molar refractivity (Wildman–Crippen MR) is 138 cm³/mol. The molecule has 8 heteroatoms. The Morgan fingerprint density at radius 1 is 1.03 bits per heavy atom. The fourth-order valence-electron chi connectivity index (χ4n) is 4.01. The number of amides is 1. The number of hydrogen-bond donors (Lipinski definition) is 3. The molecule has 0 radical (unpaired) electrons. The van der Waals surface area contributed by atoms with Crippen molar-refractivity contribution in [2.24, 2.45) is 0 Å². The first-order valence-corrected chi connectivity index (χ1v) is 11.6. The summed E-state index contributed by atoms with van der Waals surface area (Å²) in [5.74, 6) is -0.988. The molecule has 7 nitrogen and oxygen atoms in total. The second-order valence-electron chi connectivity index (χ2n) is 8.16. The quantitative estimate of drug-likeness (QED) is 0.306. The molecule has 0 aliphatic rings. The highest BCUT2D eigenvalue weighted by molar-refractivity contribution is 6.34. The topological polar surface area (TPSA) is 101 Å². The molecule has 36 heavy (non-hydrogen) atoms. The molecular formula is C28H25ClN2O5. The Morgan fingerprint density at radius 3 is 2.44 bits per heavy atom. The van der Waals surface area contributed by atoms with Crippen LogP contribution >= 0.6 is 11.6 Å². The van der Waals surface area contributed by atoms with Gasteiger partial charge >= 0.3 is 5.97 Å². The molecule has 3 N–H and O–H groups in total. The van der Waals surface area contributed by atoms with E-state index in [1.165, 1.54) is 6.07 Å². The number of carboxylic acids is 1. The van der Waals surface area contributed by atoms with Crippen LogP contribution in [0.4, 0.5) is 0 Å². The van der Waals surface area contributed by atoms with Crippen molar-refractivity contribution >= 4 is 23.5 Å². The van der Waals surface area contributed by atoms with Gasteiger partial charge in [-0.2, -0.15) is 0 Å². The summed E-state index contributed by atoms with van der Waals surface area (Å²) >= 11 is 6.37. The van der Waals surface area contributed by atoms with Crippen molar-refractivity contribution in [2.45, 2.75) is 19.1 Å². The first kappa shape index (κ1) is 25.0. The van der Waals surface area contributed by atoms with Gasteiger partial charge in [0.2, 0.25) is 0 Å². The zero-order chi connectivity index (χ0) is 25.7. The van der Waals surface area contributed by atoms with Crippen molar-refractivity contribution in [2.75, 3.05) is 7.11 Å². The lowest BCUT2D eigenvalue weighted by molar-refractivity contribution is -0.139. The molecule has 0 saturated carbocycles. The van der Waals surface area contributed by atoms with Crippen LogP contribution in [0.2, 0.25) is 5.02 Å². The molecule has 4 aromatic rings. The maximum Gasteiger partial charge on any atom is 0.326 e. The van der Waals surface area contributed by atoms with Crippen LogP contribution in [-0.2, 0) is 17.8 Å². The fraction of sp³-hybridized carbons (Fsp3) is 0.143. The van der Waals surface area contributed by atoms with Crippen LogP contribution in [0.5, 0.6) is 5.75 Å². The number of rotatable bonds is 9. The van der Waals surface area contributed by atoms with E-state index in [1.54, 1.807) is 42.1 Å². The van der Waals surface area contributed by atoms with Crippen LogP contribution in [0, 0.1) is 0 Å². The summed E-state index contributed by atoms with van der Waals surface area (Å²) in [6.07, 6.45) is 1.88. The van der Waals surface area contributed by atoms with E-state index in [4.69, 9.17) is 16.3 Å². The van der Waals surface area contributed by atoms with Crippen LogP contribution < -0.4 is 10.1 Å². The molecule has 1 heterocycles. The Kier molecular flexibility index (Phi) is 7.73. The van der Waals surface area contributed by atoms with E-state index in [2.05, 4.69) is 5.32 Å². The molecule has 0 unspecified atom stereocenters. The molecule has 1 atom stereocenters. The van der Waals surface area contributed by atoms with E-state index in [-0.39, 0.29) is 23.6 Å². The number of aliphatic hydroxyl groups is 1. The Balaban J connectivity index is 1.48. The smallest absolute Gasteiger partial charge is 0.326 e. The van der Waals surface area contributed by atoms with Crippen molar-refractivity contribution in [1.29, 1.82) is 0 Å². The summed E-state index contributed by atoms with van der Waals surface area (Å²) in [5.41, 5.74) is 4.13. The predicted octanol–water partition coefficient (Wildman–Crippen LogP) is 4.72. The van der Waals surface area contributed by atoms with Gasteiger partial charge in [0.15, 0.2) is 0 Å². The van der Waals surface area contributed by atoms with Crippen LogP contribution in [0.15, 0.2) is 85.1 Å². The first-order chi connectivity index (χ1) is 17.4. The second kappa shape index (κ2) is 11.1. The number of nitrogens with zero attached hydrogens (tertiary/aromatic N) is 1. The number of aliphatic carboxylic acids is 1. The molecular weight excluding hydrogens is 480 g/mol. The van der Waals surface area contributed by atoms with Crippen molar-refractivity contribution in [3.8, 4) is 22.6 Å². The third-order valence-electron chi connectivity index (χ3n) is 5.89. The molecule has 0 spiro atoms. The van der Waals surface area contributed by atoms with Crippen LogP contribution in [0.3, 0.4) is 0 Å². The van der Waals surface area contributed by atoms with Crippen LogP contribution in [-0.4, -0.2) is 39.8 Å². The van der Waals surface area contributed by atoms with Crippen molar-refractivity contribution < 1.29 is 24.5 Å². The summed E-state index contributed by atoms with van der Waals surface area (Å²) in [6.45, 7) is -0.146. The molecule has 0 aliphatic carbocycles. The maximum absolute atomic E-state index is 12.9. The molecule has 3 aromatic carbocycles. The highest BCUT2D eigenvalue weighted by Crippen LogP contribution is 2.30. The number of para-hydroxylation sites is 1. The monoisotopic (exact) mass is 504 g/mol. The number of ether oxygens (including phenoxy) is 1. The Hall–Kier alpha value is -4.07. The van der Waals surface area contributed by atoms with Crippen LogP contribution in [0.25, 0.3) is 16.8 Å².